The Labute approximate surface area is 133 Å². The summed E-state index contributed by atoms with van der Waals surface area (Å²) in [6, 6.07) is 6.07. The SMILES string of the molecule is CCn1nc(-c2cc(Br)ccc2OC)c2c1NCCCC2. The molecular weight excluding hydrogens is 330 g/mol. The summed E-state index contributed by atoms with van der Waals surface area (Å²) < 4.78 is 8.64. The highest BCUT2D eigenvalue weighted by Gasteiger charge is 2.22. The molecule has 1 aromatic carbocycles. The third kappa shape index (κ3) is 2.67. The summed E-state index contributed by atoms with van der Waals surface area (Å²) in [5.41, 5.74) is 3.41. The van der Waals surface area contributed by atoms with E-state index in [0.29, 0.717) is 0 Å². The molecule has 0 saturated carbocycles. The maximum absolute atomic E-state index is 5.53. The highest BCUT2D eigenvalue weighted by molar-refractivity contribution is 9.10. The van der Waals surface area contributed by atoms with Crippen molar-refractivity contribution in [3.05, 3.63) is 28.2 Å². The minimum Gasteiger partial charge on any atom is -0.496 e. The number of aryl methyl sites for hydroxylation is 1. The van der Waals surface area contributed by atoms with Gasteiger partial charge in [-0.2, -0.15) is 5.10 Å². The van der Waals surface area contributed by atoms with Crippen molar-refractivity contribution in [2.24, 2.45) is 0 Å². The van der Waals surface area contributed by atoms with Gasteiger partial charge in [-0.3, -0.25) is 0 Å². The zero-order valence-electron chi connectivity index (χ0n) is 12.4. The van der Waals surface area contributed by atoms with Gasteiger partial charge in [0.2, 0.25) is 0 Å². The average Bonchev–Trinajstić information content (AvgIpc) is 2.68. The Kier molecular flexibility index (Phi) is 4.19. The number of rotatable bonds is 3. The van der Waals surface area contributed by atoms with E-state index in [2.05, 4.69) is 38.9 Å². The molecule has 4 nitrogen and oxygen atoms in total. The molecule has 1 aliphatic rings. The Morgan fingerprint density at radius 3 is 3.00 bits per heavy atom. The van der Waals surface area contributed by atoms with Crippen LogP contribution in [0.3, 0.4) is 0 Å². The quantitative estimate of drug-likeness (QED) is 0.906. The average molecular weight is 350 g/mol. The summed E-state index contributed by atoms with van der Waals surface area (Å²) in [6.07, 6.45) is 3.46. The smallest absolute Gasteiger partial charge is 0.128 e. The lowest BCUT2D eigenvalue weighted by molar-refractivity contribution is 0.416. The molecule has 1 N–H and O–H groups in total. The highest BCUT2D eigenvalue weighted by Crippen LogP contribution is 2.38. The predicted octanol–water partition coefficient (Wildman–Crippen LogP) is 4.09. The first-order chi connectivity index (χ1) is 10.2. The summed E-state index contributed by atoms with van der Waals surface area (Å²) in [5, 5.41) is 8.36. The summed E-state index contributed by atoms with van der Waals surface area (Å²) in [4.78, 5) is 0. The van der Waals surface area contributed by atoms with E-state index in [0.717, 1.165) is 41.0 Å². The van der Waals surface area contributed by atoms with E-state index >= 15 is 0 Å². The molecule has 0 atom stereocenters. The lowest BCUT2D eigenvalue weighted by atomic mass is 10.0. The van der Waals surface area contributed by atoms with Gasteiger partial charge in [-0.05, 0) is 44.4 Å². The van der Waals surface area contributed by atoms with Crippen LogP contribution in [0, 0.1) is 0 Å². The van der Waals surface area contributed by atoms with Gasteiger partial charge in [0.25, 0.3) is 0 Å². The van der Waals surface area contributed by atoms with Crippen LogP contribution in [0.15, 0.2) is 22.7 Å². The van der Waals surface area contributed by atoms with Gasteiger partial charge in [0, 0.05) is 28.7 Å². The number of nitrogens with one attached hydrogen (secondary N) is 1. The molecule has 0 saturated heterocycles. The van der Waals surface area contributed by atoms with Gasteiger partial charge in [0.05, 0.1) is 7.11 Å². The predicted molar refractivity (Wildman–Crippen MR) is 89.0 cm³/mol. The first-order valence-corrected chi connectivity index (χ1v) is 8.21. The number of hydrogen-bond donors (Lipinski definition) is 1. The number of nitrogens with zero attached hydrogens (tertiary/aromatic N) is 2. The van der Waals surface area contributed by atoms with Crippen molar-refractivity contribution >= 4 is 21.7 Å². The van der Waals surface area contributed by atoms with Crippen LogP contribution < -0.4 is 10.1 Å². The Hall–Kier alpha value is -1.49. The number of methoxy groups -OCH3 is 1. The maximum atomic E-state index is 5.53. The molecule has 0 bridgehead atoms. The molecule has 0 fully saturated rings. The van der Waals surface area contributed by atoms with Crippen molar-refractivity contribution in [1.82, 2.24) is 9.78 Å². The zero-order chi connectivity index (χ0) is 14.8. The first-order valence-electron chi connectivity index (χ1n) is 7.42. The minimum atomic E-state index is 0.867. The molecule has 3 rings (SSSR count). The molecule has 112 valence electrons. The van der Waals surface area contributed by atoms with E-state index in [-0.39, 0.29) is 0 Å². The monoisotopic (exact) mass is 349 g/mol. The van der Waals surface area contributed by atoms with Crippen LogP contribution in [0.25, 0.3) is 11.3 Å². The third-order valence-corrected chi connectivity index (χ3v) is 4.41. The van der Waals surface area contributed by atoms with E-state index in [1.807, 2.05) is 12.1 Å². The number of hydrogen-bond acceptors (Lipinski definition) is 3. The van der Waals surface area contributed by atoms with E-state index in [4.69, 9.17) is 9.84 Å². The van der Waals surface area contributed by atoms with Gasteiger partial charge in [0.1, 0.15) is 17.3 Å². The fourth-order valence-corrected chi connectivity index (χ4v) is 3.24. The van der Waals surface area contributed by atoms with E-state index < -0.39 is 0 Å². The fourth-order valence-electron chi connectivity index (χ4n) is 2.88. The normalized spacial score (nSPS) is 14.2. The molecular formula is C16H20BrN3O. The second-order valence-electron chi connectivity index (χ2n) is 5.22. The van der Waals surface area contributed by atoms with Crippen LogP contribution in [0.1, 0.15) is 25.3 Å². The lowest BCUT2D eigenvalue weighted by Gasteiger charge is -2.08. The summed E-state index contributed by atoms with van der Waals surface area (Å²) in [5.74, 6) is 2.04. The molecule has 2 aromatic rings. The number of aromatic nitrogens is 2. The van der Waals surface area contributed by atoms with Crippen molar-refractivity contribution < 1.29 is 4.74 Å². The van der Waals surface area contributed by atoms with Gasteiger partial charge in [-0.15, -0.1) is 0 Å². The van der Waals surface area contributed by atoms with Crippen molar-refractivity contribution in [2.75, 3.05) is 19.0 Å². The second-order valence-corrected chi connectivity index (χ2v) is 6.14. The lowest BCUT2D eigenvalue weighted by Crippen LogP contribution is -2.07. The van der Waals surface area contributed by atoms with Crippen molar-refractivity contribution in [3.63, 3.8) is 0 Å². The van der Waals surface area contributed by atoms with E-state index in [1.54, 1.807) is 7.11 Å². The third-order valence-electron chi connectivity index (χ3n) is 3.91. The van der Waals surface area contributed by atoms with Crippen molar-refractivity contribution in [1.29, 1.82) is 0 Å². The molecule has 0 radical (unpaired) electrons. The van der Waals surface area contributed by atoms with Crippen LogP contribution >= 0.6 is 15.9 Å². The molecule has 1 aliphatic heterocycles. The molecule has 21 heavy (non-hydrogen) atoms. The second kappa shape index (κ2) is 6.10. The Morgan fingerprint density at radius 1 is 1.38 bits per heavy atom. The van der Waals surface area contributed by atoms with Crippen molar-refractivity contribution in [3.8, 4) is 17.0 Å². The molecule has 0 amide bonds. The Bertz CT molecular complexity index is 651. The van der Waals surface area contributed by atoms with Gasteiger partial charge >= 0.3 is 0 Å². The topological polar surface area (TPSA) is 39.1 Å². The summed E-state index contributed by atoms with van der Waals surface area (Å²) in [6.45, 7) is 4.02. The van der Waals surface area contributed by atoms with Crippen LogP contribution in [0.4, 0.5) is 5.82 Å². The van der Waals surface area contributed by atoms with Gasteiger partial charge in [-0.1, -0.05) is 15.9 Å². The van der Waals surface area contributed by atoms with E-state index in [1.165, 1.54) is 24.2 Å². The fraction of sp³-hybridized carbons (Fsp3) is 0.438. The number of anilines is 1. The molecule has 2 heterocycles. The molecule has 0 unspecified atom stereocenters. The number of fused-ring (bicyclic) bond motifs is 1. The van der Waals surface area contributed by atoms with Gasteiger partial charge in [-0.25, -0.2) is 4.68 Å². The van der Waals surface area contributed by atoms with Gasteiger partial charge < -0.3 is 10.1 Å². The number of halogens is 1. The van der Waals surface area contributed by atoms with Crippen LogP contribution in [0.5, 0.6) is 5.75 Å². The molecule has 1 aromatic heterocycles. The Balaban J connectivity index is 2.19. The van der Waals surface area contributed by atoms with Crippen LogP contribution in [-0.2, 0) is 13.0 Å². The maximum Gasteiger partial charge on any atom is 0.128 e. The van der Waals surface area contributed by atoms with Crippen LogP contribution in [-0.4, -0.2) is 23.4 Å². The highest BCUT2D eigenvalue weighted by atomic mass is 79.9. The zero-order valence-corrected chi connectivity index (χ0v) is 14.0. The minimum absolute atomic E-state index is 0.867. The molecule has 0 spiro atoms. The standard InChI is InChI=1S/C16H20BrN3O/c1-3-20-16-12(6-4-5-9-18-16)15(19-20)13-10-11(17)7-8-14(13)21-2/h7-8,10,18H,3-6,9H2,1-2H3. The first kappa shape index (κ1) is 14.4. The Morgan fingerprint density at radius 2 is 2.24 bits per heavy atom. The number of ether oxygens (including phenoxy) is 1. The largest absolute Gasteiger partial charge is 0.496 e. The summed E-state index contributed by atoms with van der Waals surface area (Å²) >= 11 is 3.55. The van der Waals surface area contributed by atoms with Crippen LogP contribution in [0.2, 0.25) is 0 Å². The molecule has 5 heteroatoms. The van der Waals surface area contributed by atoms with Crippen molar-refractivity contribution in [2.45, 2.75) is 32.7 Å². The number of benzene rings is 1. The van der Waals surface area contributed by atoms with E-state index in [9.17, 15) is 0 Å². The molecule has 0 aliphatic carbocycles. The van der Waals surface area contributed by atoms with Gasteiger partial charge in [0.15, 0.2) is 0 Å². The summed E-state index contributed by atoms with van der Waals surface area (Å²) in [7, 11) is 1.71.